The Balaban J connectivity index is 2.27. The van der Waals surface area contributed by atoms with Gasteiger partial charge in [0, 0.05) is 13.1 Å². The van der Waals surface area contributed by atoms with E-state index < -0.39 is 22.1 Å². The van der Waals surface area contributed by atoms with Crippen molar-refractivity contribution in [2.45, 2.75) is 17.4 Å². The molecule has 1 heterocycles. The van der Waals surface area contributed by atoms with E-state index in [-0.39, 0.29) is 41.1 Å². The summed E-state index contributed by atoms with van der Waals surface area (Å²) in [5, 5.41) is 8.87. The number of nitrogens with zero attached hydrogens (tertiary/aromatic N) is 1. The minimum atomic E-state index is -3.84. The van der Waals surface area contributed by atoms with E-state index in [0.717, 1.165) is 0 Å². The Hall–Kier alpha value is -0.860. The predicted molar refractivity (Wildman–Crippen MR) is 77.2 cm³/mol. The summed E-state index contributed by atoms with van der Waals surface area (Å²) in [5.41, 5.74) is 0. The van der Waals surface area contributed by atoms with E-state index in [9.17, 15) is 13.2 Å². The summed E-state index contributed by atoms with van der Waals surface area (Å²) in [6.45, 7) is 0.244. The molecule has 1 aliphatic rings. The average Bonchev–Trinajstić information content (AvgIpc) is 2.41. The van der Waals surface area contributed by atoms with Crippen LogP contribution in [0.1, 0.15) is 6.42 Å². The molecule has 0 radical (unpaired) electrons. The molecule has 2 rings (SSSR count). The number of rotatable bonds is 4. The molecule has 0 aromatic heterocycles. The van der Waals surface area contributed by atoms with Crippen LogP contribution in [0, 0.1) is 0 Å². The molecule has 0 saturated carbocycles. The normalized spacial score (nSPS) is 20.4. The van der Waals surface area contributed by atoms with Crippen molar-refractivity contribution in [2.75, 3.05) is 19.7 Å². The molecule has 0 amide bonds. The molecule has 9 heteroatoms. The number of halogens is 2. The second kappa shape index (κ2) is 6.50. The van der Waals surface area contributed by atoms with E-state index in [2.05, 4.69) is 0 Å². The highest BCUT2D eigenvalue weighted by molar-refractivity contribution is 7.89. The van der Waals surface area contributed by atoms with Gasteiger partial charge in [-0.05, 0) is 12.1 Å². The number of hydrogen-bond donors (Lipinski definition) is 1. The number of carboxylic acid groups (broad SMARTS) is 1. The third kappa shape index (κ3) is 3.67. The highest BCUT2D eigenvalue weighted by atomic mass is 35.5. The van der Waals surface area contributed by atoms with Crippen LogP contribution in [-0.2, 0) is 19.6 Å². The van der Waals surface area contributed by atoms with Gasteiger partial charge in [-0.2, -0.15) is 4.31 Å². The second-order valence-electron chi connectivity index (χ2n) is 4.51. The SMILES string of the molecule is O=C(O)CC1CN(S(=O)(=O)c2cccc(Cl)c2Cl)CCO1. The van der Waals surface area contributed by atoms with Crippen LogP contribution in [0.4, 0.5) is 0 Å². The van der Waals surface area contributed by atoms with Gasteiger partial charge < -0.3 is 9.84 Å². The zero-order valence-electron chi connectivity index (χ0n) is 10.8. The summed E-state index contributed by atoms with van der Waals surface area (Å²) in [5.74, 6) is -1.04. The van der Waals surface area contributed by atoms with Gasteiger partial charge in [0.15, 0.2) is 0 Å². The van der Waals surface area contributed by atoms with Gasteiger partial charge in [-0.3, -0.25) is 4.79 Å². The summed E-state index contributed by atoms with van der Waals surface area (Å²) < 4.78 is 31.6. The van der Waals surface area contributed by atoms with Crippen LogP contribution < -0.4 is 0 Å². The highest BCUT2D eigenvalue weighted by Crippen LogP contribution is 2.31. The molecule has 116 valence electrons. The van der Waals surface area contributed by atoms with Crippen molar-refractivity contribution < 1.29 is 23.1 Å². The Labute approximate surface area is 132 Å². The summed E-state index contributed by atoms with van der Waals surface area (Å²) >= 11 is 11.8. The van der Waals surface area contributed by atoms with Crippen LogP contribution in [0.3, 0.4) is 0 Å². The van der Waals surface area contributed by atoms with Crippen LogP contribution in [0.5, 0.6) is 0 Å². The maximum absolute atomic E-state index is 12.6. The molecular weight excluding hydrogens is 341 g/mol. The van der Waals surface area contributed by atoms with Crippen LogP contribution in [0.15, 0.2) is 23.1 Å². The number of morpholine rings is 1. The van der Waals surface area contributed by atoms with Crippen molar-refractivity contribution in [3.63, 3.8) is 0 Å². The van der Waals surface area contributed by atoms with Crippen LogP contribution >= 0.6 is 23.2 Å². The summed E-state index contributed by atoms with van der Waals surface area (Å²) in [7, 11) is -3.84. The molecule has 1 saturated heterocycles. The van der Waals surface area contributed by atoms with Crippen molar-refractivity contribution in [2.24, 2.45) is 0 Å². The Kier molecular flexibility index (Phi) is 5.11. The number of carboxylic acids is 1. The molecule has 21 heavy (non-hydrogen) atoms. The van der Waals surface area contributed by atoms with E-state index in [4.69, 9.17) is 33.0 Å². The van der Waals surface area contributed by atoms with Gasteiger partial charge >= 0.3 is 5.97 Å². The summed E-state index contributed by atoms with van der Waals surface area (Å²) in [4.78, 5) is 10.6. The molecule has 0 aliphatic carbocycles. The fourth-order valence-corrected chi connectivity index (χ4v) is 4.24. The van der Waals surface area contributed by atoms with Crippen molar-refractivity contribution in [3.8, 4) is 0 Å². The number of sulfonamides is 1. The van der Waals surface area contributed by atoms with Crippen molar-refractivity contribution >= 4 is 39.2 Å². The maximum Gasteiger partial charge on any atom is 0.306 e. The predicted octanol–water partition coefficient (Wildman–Crippen LogP) is 1.86. The third-order valence-corrected chi connectivity index (χ3v) is 5.88. The number of aliphatic carboxylic acids is 1. The molecular formula is C12H13Cl2NO5S. The lowest BCUT2D eigenvalue weighted by molar-refractivity contribution is -0.141. The van der Waals surface area contributed by atoms with E-state index in [1.807, 2.05) is 0 Å². The van der Waals surface area contributed by atoms with Crippen LogP contribution in [0.2, 0.25) is 10.0 Å². The lowest BCUT2D eigenvalue weighted by atomic mass is 10.2. The molecule has 1 N–H and O–H groups in total. The smallest absolute Gasteiger partial charge is 0.306 e. The molecule has 1 fully saturated rings. The fourth-order valence-electron chi connectivity index (χ4n) is 2.05. The van der Waals surface area contributed by atoms with Crippen LogP contribution in [-0.4, -0.2) is 49.6 Å². The first-order chi connectivity index (χ1) is 9.82. The zero-order chi connectivity index (χ0) is 15.6. The first-order valence-electron chi connectivity index (χ1n) is 6.10. The van der Waals surface area contributed by atoms with Crippen LogP contribution in [0.25, 0.3) is 0 Å². The first kappa shape index (κ1) is 16.5. The van der Waals surface area contributed by atoms with Gasteiger partial charge in [0.05, 0.1) is 29.2 Å². The van der Waals surface area contributed by atoms with Gasteiger partial charge in [-0.15, -0.1) is 0 Å². The number of benzene rings is 1. The van der Waals surface area contributed by atoms with Crippen molar-refractivity contribution in [1.82, 2.24) is 4.31 Å². The fraction of sp³-hybridized carbons (Fsp3) is 0.417. The highest BCUT2D eigenvalue weighted by Gasteiger charge is 2.33. The Morgan fingerprint density at radius 2 is 2.14 bits per heavy atom. The van der Waals surface area contributed by atoms with Crippen molar-refractivity contribution in [1.29, 1.82) is 0 Å². The monoisotopic (exact) mass is 353 g/mol. The zero-order valence-corrected chi connectivity index (χ0v) is 13.2. The molecule has 6 nitrogen and oxygen atoms in total. The molecule has 0 bridgehead atoms. The Bertz CT molecular complexity index is 649. The minimum absolute atomic E-state index is 0.0303. The lowest BCUT2D eigenvalue weighted by Gasteiger charge is -2.31. The van der Waals surface area contributed by atoms with E-state index in [0.29, 0.717) is 0 Å². The van der Waals surface area contributed by atoms with Gasteiger partial charge in [0.1, 0.15) is 4.90 Å². The largest absolute Gasteiger partial charge is 0.481 e. The first-order valence-corrected chi connectivity index (χ1v) is 8.29. The summed E-state index contributed by atoms with van der Waals surface area (Å²) in [6, 6.07) is 4.36. The van der Waals surface area contributed by atoms with E-state index >= 15 is 0 Å². The van der Waals surface area contributed by atoms with Gasteiger partial charge in [0.2, 0.25) is 10.0 Å². The minimum Gasteiger partial charge on any atom is -0.481 e. The maximum atomic E-state index is 12.6. The number of hydrogen-bond acceptors (Lipinski definition) is 4. The third-order valence-electron chi connectivity index (χ3n) is 3.04. The number of ether oxygens (including phenoxy) is 1. The quantitative estimate of drug-likeness (QED) is 0.892. The Morgan fingerprint density at radius 1 is 1.43 bits per heavy atom. The van der Waals surface area contributed by atoms with Gasteiger partial charge in [-0.25, -0.2) is 8.42 Å². The molecule has 0 spiro atoms. The molecule has 1 aliphatic heterocycles. The van der Waals surface area contributed by atoms with Gasteiger partial charge in [0.25, 0.3) is 0 Å². The molecule has 1 aromatic rings. The second-order valence-corrected chi connectivity index (χ2v) is 7.20. The van der Waals surface area contributed by atoms with Gasteiger partial charge in [-0.1, -0.05) is 29.3 Å². The number of carbonyl (C=O) groups is 1. The molecule has 1 unspecified atom stereocenters. The molecule has 1 atom stereocenters. The van der Waals surface area contributed by atoms with E-state index in [1.165, 1.54) is 22.5 Å². The summed E-state index contributed by atoms with van der Waals surface area (Å²) in [6.07, 6.45) is -0.932. The Morgan fingerprint density at radius 3 is 2.81 bits per heavy atom. The van der Waals surface area contributed by atoms with Crippen molar-refractivity contribution in [3.05, 3.63) is 28.2 Å². The standard InChI is InChI=1S/C12H13Cl2NO5S/c13-9-2-1-3-10(12(9)14)21(18,19)15-4-5-20-8(7-15)6-11(16)17/h1-3,8H,4-7H2,(H,16,17). The average molecular weight is 354 g/mol. The van der Waals surface area contributed by atoms with E-state index in [1.54, 1.807) is 0 Å². The molecule has 1 aromatic carbocycles. The topological polar surface area (TPSA) is 83.9 Å². The lowest BCUT2D eigenvalue weighted by Crippen LogP contribution is -2.46.